The highest BCUT2D eigenvalue weighted by molar-refractivity contribution is 7.83. The minimum atomic E-state index is -0.986. The van der Waals surface area contributed by atoms with Crippen molar-refractivity contribution in [3.05, 3.63) is 65.4 Å². The fourth-order valence-electron chi connectivity index (χ4n) is 3.27. The molecular formula is C21H21N3O4S. The van der Waals surface area contributed by atoms with E-state index >= 15 is 0 Å². The van der Waals surface area contributed by atoms with Gasteiger partial charge in [0, 0.05) is 16.4 Å². The molecule has 1 aromatic heterocycles. The number of carbonyl (C=O) groups is 1. The quantitative estimate of drug-likeness (QED) is 0.675. The molecule has 1 aliphatic rings. The van der Waals surface area contributed by atoms with E-state index < -0.39 is 10.8 Å². The summed E-state index contributed by atoms with van der Waals surface area (Å²) in [4.78, 5) is 12.7. The molecule has 1 amide bonds. The van der Waals surface area contributed by atoms with Crippen LogP contribution in [0.5, 0.6) is 11.5 Å². The number of ether oxygens (including phenoxy) is 2. The predicted octanol–water partition coefficient (Wildman–Crippen LogP) is 2.83. The Kier molecular flexibility index (Phi) is 5.35. The average molecular weight is 411 g/mol. The first kappa shape index (κ1) is 19.2. The fourth-order valence-corrected chi connectivity index (χ4v) is 4.54. The van der Waals surface area contributed by atoms with Gasteiger partial charge in [0.05, 0.1) is 43.5 Å². The largest absolute Gasteiger partial charge is 0.497 e. The number of nitrogens with one attached hydrogen (secondary N) is 1. The zero-order valence-electron chi connectivity index (χ0n) is 16.2. The number of methoxy groups -OCH3 is 2. The Bertz CT molecular complexity index is 1060. The van der Waals surface area contributed by atoms with Gasteiger partial charge in [-0.3, -0.25) is 9.00 Å². The normalized spacial score (nSPS) is 15.0. The van der Waals surface area contributed by atoms with Gasteiger partial charge < -0.3 is 14.8 Å². The maximum Gasteiger partial charge on any atom is 0.229 e. The van der Waals surface area contributed by atoms with E-state index in [9.17, 15) is 9.00 Å². The zero-order valence-corrected chi connectivity index (χ0v) is 17.0. The number of benzene rings is 2. The molecule has 0 radical (unpaired) electrons. The number of hydrogen-bond acceptors (Lipinski definition) is 5. The van der Waals surface area contributed by atoms with Crippen molar-refractivity contribution in [1.82, 2.24) is 9.78 Å². The molecule has 2 aromatic carbocycles. The van der Waals surface area contributed by atoms with Gasteiger partial charge in [0.25, 0.3) is 0 Å². The molecular weight excluding hydrogens is 390 g/mol. The predicted molar refractivity (Wildman–Crippen MR) is 111 cm³/mol. The molecule has 3 aromatic rings. The molecule has 0 saturated carbocycles. The average Bonchev–Trinajstić information content (AvgIpc) is 3.25. The van der Waals surface area contributed by atoms with Crippen molar-refractivity contribution in [1.29, 1.82) is 0 Å². The standard InChI is InChI=1S/C21H21N3O4S/c1-27-16-7-3-14(4-8-16)11-20(25)22-21-18-12-29(26)13-19(18)23-24(21)15-5-9-17(28-2)10-6-15/h3-10H,11-13H2,1-2H3,(H,22,25)/t29-/m1/s1. The maximum absolute atomic E-state index is 12.7. The third-order valence-electron chi connectivity index (χ3n) is 4.77. The minimum Gasteiger partial charge on any atom is -0.497 e. The molecule has 0 spiro atoms. The van der Waals surface area contributed by atoms with Crippen molar-refractivity contribution in [2.75, 3.05) is 19.5 Å². The molecule has 8 heteroatoms. The SMILES string of the molecule is COc1ccc(CC(=O)Nc2c3c(nn2-c2ccc(OC)cc2)C[S@](=O)C3)cc1. The topological polar surface area (TPSA) is 82.4 Å². The van der Waals surface area contributed by atoms with Crippen LogP contribution in [0.2, 0.25) is 0 Å². The lowest BCUT2D eigenvalue weighted by Crippen LogP contribution is -2.18. The molecule has 7 nitrogen and oxygen atoms in total. The molecule has 0 aliphatic carbocycles. The molecule has 2 heterocycles. The summed E-state index contributed by atoms with van der Waals surface area (Å²) in [5.74, 6) is 2.69. The van der Waals surface area contributed by atoms with Gasteiger partial charge in [0.2, 0.25) is 5.91 Å². The molecule has 0 unspecified atom stereocenters. The number of fused-ring (bicyclic) bond motifs is 1. The van der Waals surface area contributed by atoms with Crippen LogP contribution in [0, 0.1) is 0 Å². The summed E-state index contributed by atoms with van der Waals surface area (Å²) in [5, 5.41) is 7.58. The van der Waals surface area contributed by atoms with E-state index in [1.54, 1.807) is 18.9 Å². The highest BCUT2D eigenvalue weighted by Crippen LogP contribution is 2.31. The van der Waals surface area contributed by atoms with Crippen molar-refractivity contribution in [3.63, 3.8) is 0 Å². The number of nitrogens with zero attached hydrogens (tertiary/aromatic N) is 2. The number of hydrogen-bond donors (Lipinski definition) is 1. The van der Waals surface area contributed by atoms with Crippen LogP contribution in [0.3, 0.4) is 0 Å². The second-order valence-electron chi connectivity index (χ2n) is 6.69. The Balaban J connectivity index is 1.61. The molecule has 1 aliphatic heterocycles. The summed E-state index contributed by atoms with van der Waals surface area (Å²) in [7, 11) is 2.23. The molecule has 0 fully saturated rings. The summed E-state index contributed by atoms with van der Waals surface area (Å²) >= 11 is 0. The lowest BCUT2D eigenvalue weighted by atomic mass is 10.1. The van der Waals surface area contributed by atoms with Crippen LogP contribution in [0.1, 0.15) is 16.8 Å². The number of aromatic nitrogens is 2. The second-order valence-corrected chi connectivity index (χ2v) is 8.14. The lowest BCUT2D eigenvalue weighted by Gasteiger charge is -2.12. The summed E-state index contributed by atoms with van der Waals surface area (Å²) in [6.45, 7) is 0. The monoisotopic (exact) mass is 411 g/mol. The lowest BCUT2D eigenvalue weighted by molar-refractivity contribution is -0.115. The van der Waals surface area contributed by atoms with E-state index in [0.29, 0.717) is 17.3 Å². The van der Waals surface area contributed by atoms with E-state index in [-0.39, 0.29) is 12.3 Å². The van der Waals surface area contributed by atoms with Crippen molar-refractivity contribution < 1.29 is 18.5 Å². The van der Waals surface area contributed by atoms with Gasteiger partial charge in [0.15, 0.2) is 0 Å². The highest BCUT2D eigenvalue weighted by Gasteiger charge is 2.28. The summed E-state index contributed by atoms with van der Waals surface area (Å²) in [6, 6.07) is 14.8. The van der Waals surface area contributed by atoms with Crippen molar-refractivity contribution in [2.45, 2.75) is 17.9 Å². The van der Waals surface area contributed by atoms with Crippen LogP contribution in [0.15, 0.2) is 48.5 Å². The fraction of sp³-hybridized carbons (Fsp3) is 0.238. The van der Waals surface area contributed by atoms with E-state index in [2.05, 4.69) is 10.4 Å². The van der Waals surface area contributed by atoms with Crippen LogP contribution in [-0.4, -0.2) is 34.1 Å². The summed E-state index contributed by atoms with van der Waals surface area (Å²) < 4.78 is 24.1. The van der Waals surface area contributed by atoms with Crippen molar-refractivity contribution in [2.24, 2.45) is 0 Å². The second kappa shape index (κ2) is 8.08. The minimum absolute atomic E-state index is 0.162. The smallest absolute Gasteiger partial charge is 0.229 e. The van der Waals surface area contributed by atoms with E-state index in [0.717, 1.165) is 34.0 Å². The maximum atomic E-state index is 12.7. The Hall–Kier alpha value is -3.13. The molecule has 29 heavy (non-hydrogen) atoms. The Morgan fingerprint density at radius 3 is 2.28 bits per heavy atom. The highest BCUT2D eigenvalue weighted by atomic mass is 32.2. The third-order valence-corrected chi connectivity index (χ3v) is 5.97. The van der Waals surface area contributed by atoms with Gasteiger partial charge in [-0.05, 0) is 42.0 Å². The van der Waals surface area contributed by atoms with Crippen LogP contribution >= 0.6 is 0 Å². The van der Waals surface area contributed by atoms with Crippen molar-refractivity contribution >= 4 is 22.5 Å². The molecule has 1 atom stereocenters. The van der Waals surface area contributed by atoms with E-state index in [1.807, 2.05) is 48.5 Å². The number of rotatable bonds is 6. The van der Waals surface area contributed by atoms with E-state index in [1.165, 1.54) is 0 Å². The molecule has 4 rings (SSSR count). The van der Waals surface area contributed by atoms with Crippen LogP contribution in [-0.2, 0) is 33.5 Å². The zero-order chi connectivity index (χ0) is 20.4. The van der Waals surface area contributed by atoms with Gasteiger partial charge in [0.1, 0.15) is 17.3 Å². The number of anilines is 1. The first-order valence-electron chi connectivity index (χ1n) is 9.10. The van der Waals surface area contributed by atoms with Gasteiger partial charge in [-0.1, -0.05) is 12.1 Å². The Morgan fingerprint density at radius 1 is 1.03 bits per heavy atom. The first-order chi connectivity index (χ1) is 14.1. The van der Waals surface area contributed by atoms with E-state index in [4.69, 9.17) is 9.47 Å². The molecule has 0 saturated heterocycles. The van der Waals surface area contributed by atoms with Crippen LogP contribution < -0.4 is 14.8 Å². The number of carbonyl (C=O) groups excluding carboxylic acids is 1. The van der Waals surface area contributed by atoms with Gasteiger partial charge in [-0.15, -0.1) is 0 Å². The van der Waals surface area contributed by atoms with Gasteiger partial charge >= 0.3 is 0 Å². The third kappa shape index (κ3) is 4.02. The van der Waals surface area contributed by atoms with Crippen LogP contribution in [0.25, 0.3) is 5.69 Å². The molecule has 150 valence electrons. The van der Waals surface area contributed by atoms with Crippen LogP contribution in [0.4, 0.5) is 5.82 Å². The summed E-state index contributed by atoms with van der Waals surface area (Å²) in [5.41, 5.74) is 3.27. The summed E-state index contributed by atoms with van der Waals surface area (Å²) in [6.07, 6.45) is 0.218. The Labute approximate surface area is 171 Å². The molecule has 0 bridgehead atoms. The number of amides is 1. The molecule has 1 N–H and O–H groups in total. The van der Waals surface area contributed by atoms with Crippen molar-refractivity contribution in [3.8, 4) is 17.2 Å². The Morgan fingerprint density at radius 2 is 1.66 bits per heavy atom. The van der Waals surface area contributed by atoms with Gasteiger partial charge in [-0.25, -0.2) is 4.68 Å². The van der Waals surface area contributed by atoms with Gasteiger partial charge in [-0.2, -0.15) is 5.10 Å². The first-order valence-corrected chi connectivity index (χ1v) is 10.6.